The molecule has 1 saturated heterocycles. The summed E-state index contributed by atoms with van der Waals surface area (Å²) in [6, 6.07) is 8.41. The first-order chi connectivity index (χ1) is 9.73. The van der Waals surface area contributed by atoms with E-state index >= 15 is 0 Å². The van der Waals surface area contributed by atoms with Crippen LogP contribution in [0.1, 0.15) is 39.5 Å². The van der Waals surface area contributed by atoms with Crippen LogP contribution in [0.2, 0.25) is 0 Å². The highest BCUT2D eigenvalue weighted by Gasteiger charge is 2.41. The molecule has 1 aromatic carbocycles. The van der Waals surface area contributed by atoms with E-state index in [4.69, 9.17) is 10.5 Å². The van der Waals surface area contributed by atoms with Gasteiger partial charge in [0.05, 0.1) is 0 Å². The molecule has 0 saturated carbocycles. The summed E-state index contributed by atoms with van der Waals surface area (Å²) >= 11 is 0. The lowest BCUT2D eigenvalue weighted by molar-refractivity contribution is 0.173. The van der Waals surface area contributed by atoms with Crippen molar-refractivity contribution < 1.29 is 4.74 Å². The van der Waals surface area contributed by atoms with E-state index in [1.807, 2.05) is 12.1 Å². The smallest absolute Gasteiger partial charge is 0.119 e. The molecule has 1 fully saturated rings. The molecule has 0 radical (unpaired) electrons. The van der Waals surface area contributed by atoms with E-state index in [9.17, 15) is 0 Å². The van der Waals surface area contributed by atoms with Crippen molar-refractivity contribution in [2.75, 3.05) is 31.1 Å². The summed E-state index contributed by atoms with van der Waals surface area (Å²) in [4.78, 5) is 2.48. The number of anilines is 1. The van der Waals surface area contributed by atoms with Crippen LogP contribution in [0.3, 0.4) is 0 Å². The summed E-state index contributed by atoms with van der Waals surface area (Å²) in [6.45, 7) is 8.15. The predicted octanol–water partition coefficient (Wildman–Crippen LogP) is 3.43. The largest absolute Gasteiger partial charge is 0.492 e. The fourth-order valence-electron chi connectivity index (χ4n) is 3.38. The summed E-state index contributed by atoms with van der Waals surface area (Å²) in [7, 11) is 0. The van der Waals surface area contributed by atoms with Crippen molar-refractivity contribution in [1.29, 1.82) is 0 Å². The maximum atomic E-state index is 5.52. The van der Waals surface area contributed by atoms with Gasteiger partial charge in [-0.2, -0.15) is 0 Å². The van der Waals surface area contributed by atoms with Crippen LogP contribution < -0.4 is 15.4 Å². The van der Waals surface area contributed by atoms with Crippen LogP contribution >= 0.6 is 0 Å². The van der Waals surface area contributed by atoms with Gasteiger partial charge in [-0.05, 0) is 37.1 Å². The lowest BCUT2D eigenvalue weighted by Gasteiger charge is -2.52. The summed E-state index contributed by atoms with van der Waals surface area (Å²) in [6.07, 6.45) is 5.30. The van der Waals surface area contributed by atoms with Gasteiger partial charge in [-0.25, -0.2) is 0 Å². The Morgan fingerprint density at radius 1 is 1.10 bits per heavy atom. The lowest BCUT2D eigenvalue weighted by Crippen LogP contribution is -2.56. The van der Waals surface area contributed by atoms with Gasteiger partial charge in [-0.1, -0.05) is 26.7 Å². The van der Waals surface area contributed by atoms with E-state index in [2.05, 4.69) is 30.9 Å². The van der Waals surface area contributed by atoms with Gasteiger partial charge in [-0.15, -0.1) is 0 Å². The molecular weight excluding hydrogens is 248 g/mol. The first-order valence-electron chi connectivity index (χ1n) is 7.91. The molecule has 3 nitrogen and oxygen atoms in total. The Labute approximate surface area is 123 Å². The minimum atomic E-state index is 0.560. The Bertz CT molecular complexity index is 388. The van der Waals surface area contributed by atoms with E-state index in [1.165, 1.54) is 44.5 Å². The van der Waals surface area contributed by atoms with E-state index in [1.54, 1.807) is 0 Å². The molecule has 112 valence electrons. The Hall–Kier alpha value is -1.22. The van der Waals surface area contributed by atoms with Crippen molar-refractivity contribution in [2.45, 2.75) is 39.5 Å². The van der Waals surface area contributed by atoms with Crippen LogP contribution in [0.25, 0.3) is 0 Å². The molecule has 1 aliphatic heterocycles. The number of benzene rings is 1. The van der Waals surface area contributed by atoms with Crippen molar-refractivity contribution >= 4 is 5.69 Å². The fraction of sp³-hybridized carbons (Fsp3) is 0.647. The SMILES string of the molecule is CCCC1(CCC)CN(c2ccc(OCCN)cc2)C1. The third-order valence-electron chi connectivity index (χ3n) is 4.20. The third-order valence-corrected chi connectivity index (χ3v) is 4.20. The molecule has 0 atom stereocenters. The zero-order valence-electron chi connectivity index (χ0n) is 12.9. The Morgan fingerprint density at radius 2 is 1.70 bits per heavy atom. The summed E-state index contributed by atoms with van der Waals surface area (Å²) in [5.41, 5.74) is 7.32. The second-order valence-electron chi connectivity index (χ2n) is 5.99. The molecule has 0 spiro atoms. The summed E-state index contributed by atoms with van der Waals surface area (Å²) in [5, 5.41) is 0. The van der Waals surface area contributed by atoms with Crippen LogP contribution in [-0.2, 0) is 0 Å². The number of nitrogens with zero attached hydrogens (tertiary/aromatic N) is 1. The monoisotopic (exact) mass is 276 g/mol. The van der Waals surface area contributed by atoms with E-state index in [0.29, 0.717) is 18.6 Å². The number of nitrogens with two attached hydrogens (primary N) is 1. The van der Waals surface area contributed by atoms with Crippen molar-refractivity contribution in [1.82, 2.24) is 0 Å². The van der Waals surface area contributed by atoms with Crippen LogP contribution in [0.15, 0.2) is 24.3 Å². The quantitative estimate of drug-likeness (QED) is 0.790. The normalized spacial score (nSPS) is 16.9. The number of rotatable bonds is 8. The molecule has 1 aromatic rings. The molecule has 2 rings (SSSR count). The summed E-state index contributed by atoms with van der Waals surface area (Å²) in [5.74, 6) is 0.910. The first kappa shape index (κ1) is 15.2. The second kappa shape index (κ2) is 6.98. The van der Waals surface area contributed by atoms with E-state index in [-0.39, 0.29) is 0 Å². The molecule has 0 aromatic heterocycles. The van der Waals surface area contributed by atoms with Crippen LogP contribution in [0.4, 0.5) is 5.69 Å². The Balaban J connectivity index is 1.91. The number of hydrogen-bond acceptors (Lipinski definition) is 3. The molecule has 1 heterocycles. The lowest BCUT2D eigenvalue weighted by atomic mass is 9.72. The molecule has 1 aliphatic rings. The maximum absolute atomic E-state index is 5.52. The third kappa shape index (κ3) is 3.45. The summed E-state index contributed by atoms with van der Waals surface area (Å²) < 4.78 is 5.52. The molecular formula is C17H28N2O. The Kier molecular flexibility index (Phi) is 5.30. The van der Waals surface area contributed by atoms with Crippen LogP contribution in [0, 0.1) is 5.41 Å². The topological polar surface area (TPSA) is 38.5 Å². The molecule has 0 unspecified atom stereocenters. The van der Waals surface area contributed by atoms with Gasteiger partial charge in [0.2, 0.25) is 0 Å². The highest BCUT2D eigenvalue weighted by Crippen LogP contribution is 2.42. The van der Waals surface area contributed by atoms with Crippen molar-refractivity contribution in [2.24, 2.45) is 11.1 Å². The van der Waals surface area contributed by atoms with Crippen molar-refractivity contribution in [3.63, 3.8) is 0 Å². The van der Waals surface area contributed by atoms with Crippen LogP contribution in [-0.4, -0.2) is 26.2 Å². The Morgan fingerprint density at radius 3 is 2.20 bits per heavy atom. The number of hydrogen-bond donors (Lipinski definition) is 1. The van der Waals surface area contributed by atoms with Gasteiger partial charge in [0, 0.05) is 30.7 Å². The van der Waals surface area contributed by atoms with Gasteiger partial charge in [0.15, 0.2) is 0 Å². The molecule has 3 heteroatoms. The second-order valence-corrected chi connectivity index (χ2v) is 5.99. The van der Waals surface area contributed by atoms with Gasteiger partial charge in [0.25, 0.3) is 0 Å². The highest BCUT2D eigenvalue weighted by molar-refractivity contribution is 5.52. The van der Waals surface area contributed by atoms with Crippen LogP contribution in [0.5, 0.6) is 5.75 Å². The zero-order valence-corrected chi connectivity index (χ0v) is 12.9. The fourth-order valence-corrected chi connectivity index (χ4v) is 3.38. The van der Waals surface area contributed by atoms with Gasteiger partial charge >= 0.3 is 0 Å². The average molecular weight is 276 g/mol. The zero-order chi connectivity index (χ0) is 14.4. The van der Waals surface area contributed by atoms with Crippen molar-refractivity contribution in [3.05, 3.63) is 24.3 Å². The molecule has 2 N–H and O–H groups in total. The van der Waals surface area contributed by atoms with Gasteiger partial charge in [-0.3, -0.25) is 0 Å². The standard InChI is InChI=1S/C17H28N2O/c1-3-9-17(10-4-2)13-19(14-17)15-5-7-16(8-6-15)20-12-11-18/h5-8H,3-4,9-14,18H2,1-2H3. The van der Waals surface area contributed by atoms with E-state index < -0.39 is 0 Å². The average Bonchev–Trinajstić information content (AvgIpc) is 2.43. The molecule has 0 aliphatic carbocycles. The maximum Gasteiger partial charge on any atom is 0.119 e. The van der Waals surface area contributed by atoms with E-state index in [0.717, 1.165) is 5.75 Å². The van der Waals surface area contributed by atoms with Gasteiger partial charge in [0.1, 0.15) is 12.4 Å². The number of ether oxygens (including phenoxy) is 1. The minimum absolute atomic E-state index is 0.560. The van der Waals surface area contributed by atoms with Crippen molar-refractivity contribution in [3.8, 4) is 5.75 Å². The highest BCUT2D eigenvalue weighted by atomic mass is 16.5. The first-order valence-corrected chi connectivity index (χ1v) is 7.91. The molecule has 0 amide bonds. The predicted molar refractivity (Wildman–Crippen MR) is 85.5 cm³/mol. The minimum Gasteiger partial charge on any atom is -0.492 e. The van der Waals surface area contributed by atoms with Gasteiger partial charge < -0.3 is 15.4 Å². The molecule has 0 bridgehead atoms. The molecule has 20 heavy (non-hydrogen) atoms.